The summed E-state index contributed by atoms with van der Waals surface area (Å²) in [4.78, 5) is 10.1. The maximum absolute atomic E-state index is 10.1. The fourth-order valence-electron chi connectivity index (χ4n) is 0.602. The molecule has 11 heavy (non-hydrogen) atoms. The van der Waals surface area contributed by atoms with Crippen LogP contribution in [0, 0.1) is 0 Å². The molecule has 0 bridgehead atoms. The van der Waals surface area contributed by atoms with Crippen molar-refractivity contribution in [1.29, 1.82) is 0 Å². The van der Waals surface area contributed by atoms with Gasteiger partial charge in [-0.3, -0.25) is 10.5 Å². The fraction of sp³-hybridized carbons (Fsp3) is 0.167. The maximum atomic E-state index is 10.1. The Morgan fingerprint density at radius 2 is 2.55 bits per heavy atom. The number of hydrogen-bond acceptors (Lipinski definition) is 3. The van der Waals surface area contributed by atoms with E-state index in [0.29, 0.717) is 10.7 Å². The lowest BCUT2D eigenvalue weighted by Gasteiger charge is -1.98. The lowest BCUT2D eigenvalue weighted by Crippen LogP contribution is -2.11. The number of carboxylic acid groups (broad SMARTS) is 1. The third-order valence-electron chi connectivity index (χ3n) is 1.07. The predicted octanol–water partition coefficient (Wildman–Crippen LogP) is 1.16. The van der Waals surface area contributed by atoms with E-state index in [1.165, 1.54) is 11.3 Å². The summed E-state index contributed by atoms with van der Waals surface area (Å²) < 4.78 is 0. The summed E-state index contributed by atoms with van der Waals surface area (Å²) in [5.41, 5.74) is 7.59. The lowest BCUT2D eigenvalue weighted by molar-refractivity contribution is -0.134. The minimum atomic E-state index is -0.919. The van der Waals surface area contributed by atoms with Crippen molar-refractivity contribution in [2.45, 2.75) is 0 Å². The van der Waals surface area contributed by atoms with Crippen molar-refractivity contribution in [1.82, 2.24) is 5.73 Å². The number of aliphatic carboxylic acids is 1. The molecule has 0 atom stereocenters. The van der Waals surface area contributed by atoms with Crippen LogP contribution >= 0.6 is 11.3 Å². The zero-order valence-corrected chi connectivity index (χ0v) is 6.44. The number of nitrogens with one attached hydrogen (secondary N) is 2. The highest BCUT2D eigenvalue weighted by Gasteiger charge is 2.01. The fourth-order valence-corrected chi connectivity index (χ4v) is 1.29. The molecule has 0 amide bonds. The van der Waals surface area contributed by atoms with Crippen LogP contribution in [-0.2, 0) is 4.79 Å². The number of rotatable bonds is 3. The molecule has 0 aliphatic heterocycles. The second-order valence-electron chi connectivity index (χ2n) is 1.91. The van der Waals surface area contributed by atoms with Crippen LogP contribution < -0.4 is 11.1 Å². The molecule has 1 aromatic heterocycles. The van der Waals surface area contributed by atoms with Crippen molar-refractivity contribution < 1.29 is 9.90 Å². The number of carbonyl (C=O) groups is 1. The van der Waals surface area contributed by atoms with Gasteiger partial charge in [0.25, 0.3) is 0 Å². The van der Waals surface area contributed by atoms with E-state index in [1.807, 2.05) is 0 Å². The third-order valence-corrected chi connectivity index (χ3v) is 1.94. The first-order valence-corrected chi connectivity index (χ1v) is 3.83. The number of carboxylic acids is 1. The molecular formula is C6H7N2O2S. The topological polar surface area (TPSA) is 73.1 Å². The first kappa shape index (κ1) is 7.87. The first-order chi connectivity index (χ1) is 5.20. The molecular weight excluding hydrogens is 164 g/mol. The molecule has 59 valence electrons. The average molecular weight is 171 g/mol. The van der Waals surface area contributed by atoms with Crippen LogP contribution in [0.25, 0.3) is 0 Å². The molecule has 1 radical (unpaired) electrons. The minimum absolute atomic E-state index is 0.133. The maximum Gasteiger partial charge on any atom is 0.322 e. The Balaban J connectivity index is 2.51. The van der Waals surface area contributed by atoms with E-state index in [0.717, 1.165) is 0 Å². The summed E-state index contributed by atoms with van der Waals surface area (Å²) in [6, 6.07) is 1.62. The van der Waals surface area contributed by atoms with Gasteiger partial charge >= 0.3 is 5.97 Å². The molecule has 4 nitrogen and oxygen atoms in total. The molecule has 0 saturated carbocycles. The molecule has 0 aliphatic carbocycles. The third kappa shape index (κ3) is 2.12. The molecule has 1 heterocycles. The van der Waals surface area contributed by atoms with E-state index in [9.17, 15) is 4.79 Å². The van der Waals surface area contributed by atoms with Gasteiger partial charge in [0.05, 0.1) is 5.69 Å². The highest BCUT2D eigenvalue weighted by Crippen LogP contribution is 2.25. The van der Waals surface area contributed by atoms with E-state index < -0.39 is 5.97 Å². The predicted molar refractivity (Wildman–Crippen MR) is 43.2 cm³/mol. The van der Waals surface area contributed by atoms with Crippen molar-refractivity contribution in [2.24, 2.45) is 0 Å². The molecule has 0 aromatic carbocycles. The van der Waals surface area contributed by atoms with Crippen molar-refractivity contribution in [2.75, 3.05) is 11.9 Å². The van der Waals surface area contributed by atoms with Crippen LogP contribution in [0.4, 0.5) is 10.7 Å². The van der Waals surface area contributed by atoms with E-state index >= 15 is 0 Å². The van der Waals surface area contributed by atoms with Gasteiger partial charge in [0.2, 0.25) is 0 Å². The number of thiophene rings is 1. The second kappa shape index (κ2) is 3.25. The van der Waals surface area contributed by atoms with Gasteiger partial charge in [0, 0.05) is 0 Å². The summed E-state index contributed by atoms with van der Waals surface area (Å²) in [5.74, 6) is -0.919. The van der Waals surface area contributed by atoms with Crippen LogP contribution in [0.5, 0.6) is 0 Å². The second-order valence-corrected chi connectivity index (χ2v) is 2.83. The van der Waals surface area contributed by atoms with E-state index in [1.54, 1.807) is 11.4 Å². The average Bonchev–Trinajstić information content (AvgIpc) is 2.31. The lowest BCUT2D eigenvalue weighted by atomic mass is 10.5. The van der Waals surface area contributed by atoms with Gasteiger partial charge in [-0.05, 0) is 11.4 Å². The van der Waals surface area contributed by atoms with Gasteiger partial charge in [-0.15, -0.1) is 11.3 Å². The van der Waals surface area contributed by atoms with Gasteiger partial charge in [0.15, 0.2) is 0 Å². The Labute approximate surface area is 67.6 Å². The summed E-state index contributed by atoms with van der Waals surface area (Å²) >= 11 is 1.33. The van der Waals surface area contributed by atoms with Crippen molar-refractivity contribution in [3.63, 3.8) is 0 Å². The van der Waals surface area contributed by atoms with Crippen LogP contribution in [0.15, 0.2) is 11.4 Å². The van der Waals surface area contributed by atoms with Crippen LogP contribution in [-0.4, -0.2) is 17.6 Å². The molecule has 0 saturated heterocycles. The van der Waals surface area contributed by atoms with Crippen molar-refractivity contribution in [3.05, 3.63) is 11.4 Å². The van der Waals surface area contributed by atoms with Gasteiger partial charge in [-0.1, -0.05) is 0 Å². The SMILES string of the molecule is [NH]c1ccsc1NCC(=O)O. The van der Waals surface area contributed by atoms with Gasteiger partial charge in [-0.25, -0.2) is 0 Å². The smallest absolute Gasteiger partial charge is 0.322 e. The monoisotopic (exact) mass is 171 g/mol. The normalized spacial score (nSPS) is 9.45. The molecule has 0 spiro atoms. The molecule has 0 aliphatic rings. The van der Waals surface area contributed by atoms with E-state index in [-0.39, 0.29) is 6.54 Å². The van der Waals surface area contributed by atoms with Crippen LogP contribution in [0.3, 0.4) is 0 Å². The molecule has 1 rings (SSSR count). The van der Waals surface area contributed by atoms with Crippen molar-refractivity contribution >= 4 is 28.0 Å². The summed E-state index contributed by atoms with van der Waals surface area (Å²) in [6.45, 7) is -0.133. The van der Waals surface area contributed by atoms with E-state index in [2.05, 4.69) is 5.32 Å². The van der Waals surface area contributed by atoms with E-state index in [4.69, 9.17) is 10.8 Å². The Morgan fingerprint density at radius 1 is 1.82 bits per heavy atom. The summed E-state index contributed by atoms with van der Waals surface area (Å²) in [7, 11) is 0. The zero-order valence-electron chi connectivity index (χ0n) is 5.63. The zero-order chi connectivity index (χ0) is 8.27. The summed E-state index contributed by atoms with van der Waals surface area (Å²) in [5, 5.41) is 13.3. The van der Waals surface area contributed by atoms with Crippen LogP contribution in [0.2, 0.25) is 0 Å². The molecule has 5 heteroatoms. The quantitative estimate of drug-likeness (QED) is 0.716. The van der Waals surface area contributed by atoms with Crippen molar-refractivity contribution in [3.8, 4) is 0 Å². The Kier molecular flexibility index (Phi) is 2.32. The Bertz CT molecular complexity index is 259. The summed E-state index contributed by atoms with van der Waals surface area (Å²) in [6.07, 6.45) is 0. The Morgan fingerprint density at radius 3 is 3.00 bits per heavy atom. The van der Waals surface area contributed by atoms with Gasteiger partial charge in [0.1, 0.15) is 11.5 Å². The molecule has 3 N–H and O–H groups in total. The minimum Gasteiger partial charge on any atom is -0.480 e. The Hall–Kier alpha value is -1.23. The van der Waals surface area contributed by atoms with Gasteiger partial charge in [-0.2, -0.15) is 0 Å². The standard InChI is InChI=1S/C6H7N2O2S/c7-4-1-2-11-6(4)8-3-5(9)10/h1-2,7-8H,3H2,(H,9,10). The first-order valence-electron chi connectivity index (χ1n) is 2.95. The number of anilines is 1. The molecule has 0 unspecified atom stereocenters. The molecule has 0 fully saturated rings. The number of hydrogen-bond donors (Lipinski definition) is 2. The highest BCUT2D eigenvalue weighted by atomic mass is 32.1. The highest BCUT2D eigenvalue weighted by molar-refractivity contribution is 7.14. The van der Waals surface area contributed by atoms with Crippen LogP contribution in [0.1, 0.15) is 0 Å². The molecule has 1 aromatic rings. The largest absolute Gasteiger partial charge is 0.480 e. The van der Waals surface area contributed by atoms with Gasteiger partial charge < -0.3 is 10.4 Å².